The molecule has 1 heterocycles. The summed E-state index contributed by atoms with van der Waals surface area (Å²) >= 11 is 0. The Hall–Kier alpha value is -1.32. The molecular weight excluding hydrogens is 334 g/mol. The lowest BCUT2D eigenvalue weighted by molar-refractivity contribution is 0.0706. The molecule has 0 aromatic heterocycles. The van der Waals surface area contributed by atoms with E-state index < -0.39 is 11.6 Å². The van der Waals surface area contributed by atoms with Gasteiger partial charge in [0.1, 0.15) is 6.10 Å². The number of halogens is 2. The van der Waals surface area contributed by atoms with Crippen molar-refractivity contribution in [2.24, 2.45) is 11.8 Å². The van der Waals surface area contributed by atoms with Gasteiger partial charge in [0, 0.05) is 5.56 Å². The van der Waals surface area contributed by atoms with Crippen molar-refractivity contribution in [2.75, 3.05) is 6.61 Å². The van der Waals surface area contributed by atoms with E-state index in [0.29, 0.717) is 12.5 Å². The standard InChI is InChI=1S/C22H32F2O2/c1-3-5-13-25-19-14-17-11-12-18(26-22(17)21(24)20(19)23)16-9-7-15(6-4-2)8-10-16/h14-16,18H,3-13H2,1-2H3. The van der Waals surface area contributed by atoms with E-state index in [0.717, 1.165) is 50.0 Å². The van der Waals surface area contributed by atoms with E-state index in [2.05, 4.69) is 6.92 Å². The molecule has 0 amide bonds. The molecule has 1 aliphatic carbocycles. The molecule has 2 nitrogen and oxygen atoms in total. The Morgan fingerprint density at radius 3 is 2.50 bits per heavy atom. The second-order valence-corrected chi connectivity index (χ2v) is 7.96. The molecule has 3 rings (SSSR count). The molecule has 0 saturated heterocycles. The summed E-state index contributed by atoms with van der Waals surface area (Å²) in [5.41, 5.74) is 0.742. The van der Waals surface area contributed by atoms with Crippen LogP contribution in [0.2, 0.25) is 0 Å². The minimum Gasteiger partial charge on any atom is -0.490 e. The Balaban J connectivity index is 1.66. The van der Waals surface area contributed by atoms with Crippen molar-refractivity contribution in [3.63, 3.8) is 0 Å². The number of benzene rings is 1. The molecule has 26 heavy (non-hydrogen) atoms. The number of hydrogen-bond donors (Lipinski definition) is 0. The molecule has 2 aliphatic rings. The molecule has 1 aromatic carbocycles. The Kier molecular flexibility index (Phi) is 6.77. The number of hydrogen-bond acceptors (Lipinski definition) is 2. The Morgan fingerprint density at radius 1 is 1.04 bits per heavy atom. The summed E-state index contributed by atoms with van der Waals surface area (Å²) in [5.74, 6) is -0.331. The van der Waals surface area contributed by atoms with Crippen molar-refractivity contribution < 1.29 is 18.3 Å². The van der Waals surface area contributed by atoms with Crippen molar-refractivity contribution in [3.8, 4) is 11.5 Å². The first-order valence-corrected chi connectivity index (χ1v) is 10.4. The number of unbranched alkanes of at least 4 members (excludes halogenated alkanes) is 1. The third-order valence-corrected chi connectivity index (χ3v) is 6.04. The van der Waals surface area contributed by atoms with Gasteiger partial charge < -0.3 is 9.47 Å². The molecule has 1 fully saturated rings. The smallest absolute Gasteiger partial charge is 0.204 e. The average Bonchev–Trinajstić information content (AvgIpc) is 2.66. The predicted octanol–water partition coefficient (Wildman–Crippen LogP) is 6.44. The number of ether oxygens (including phenoxy) is 2. The van der Waals surface area contributed by atoms with Crippen molar-refractivity contribution in [3.05, 3.63) is 23.3 Å². The molecule has 1 aliphatic heterocycles. The molecule has 4 heteroatoms. The van der Waals surface area contributed by atoms with E-state index in [1.807, 2.05) is 6.92 Å². The lowest BCUT2D eigenvalue weighted by Crippen LogP contribution is -2.34. The zero-order chi connectivity index (χ0) is 18.5. The van der Waals surface area contributed by atoms with E-state index in [1.165, 1.54) is 25.7 Å². The third-order valence-electron chi connectivity index (χ3n) is 6.04. The zero-order valence-electron chi connectivity index (χ0n) is 16.2. The second kappa shape index (κ2) is 9.05. The van der Waals surface area contributed by atoms with Crippen LogP contribution in [-0.2, 0) is 6.42 Å². The molecular formula is C22H32F2O2. The van der Waals surface area contributed by atoms with Crippen LogP contribution < -0.4 is 9.47 Å². The fraction of sp³-hybridized carbons (Fsp3) is 0.727. The molecule has 1 saturated carbocycles. The summed E-state index contributed by atoms with van der Waals surface area (Å²) in [6.07, 6.45) is 10.8. The Bertz CT molecular complexity index is 594. The van der Waals surface area contributed by atoms with E-state index >= 15 is 0 Å². The predicted molar refractivity (Wildman–Crippen MR) is 99.9 cm³/mol. The van der Waals surface area contributed by atoms with E-state index in [4.69, 9.17) is 9.47 Å². The molecule has 0 bridgehead atoms. The van der Waals surface area contributed by atoms with Crippen LogP contribution in [0.5, 0.6) is 11.5 Å². The summed E-state index contributed by atoms with van der Waals surface area (Å²) in [5, 5.41) is 0. The fourth-order valence-electron chi connectivity index (χ4n) is 4.48. The molecule has 0 radical (unpaired) electrons. The summed E-state index contributed by atoms with van der Waals surface area (Å²) in [6, 6.07) is 1.64. The van der Waals surface area contributed by atoms with Crippen molar-refractivity contribution in [1.82, 2.24) is 0 Å². The zero-order valence-corrected chi connectivity index (χ0v) is 16.2. The normalized spacial score (nSPS) is 25.5. The highest BCUT2D eigenvalue weighted by molar-refractivity contribution is 5.44. The summed E-state index contributed by atoms with van der Waals surface area (Å²) in [6.45, 7) is 4.69. The van der Waals surface area contributed by atoms with Crippen LogP contribution >= 0.6 is 0 Å². The number of fused-ring (bicyclic) bond motifs is 1. The molecule has 0 spiro atoms. The van der Waals surface area contributed by atoms with Gasteiger partial charge in [-0.3, -0.25) is 0 Å². The first-order chi connectivity index (χ1) is 12.6. The molecule has 146 valence electrons. The molecule has 1 atom stereocenters. The molecule has 0 N–H and O–H groups in total. The van der Waals surface area contributed by atoms with Gasteiger partial charge in [-0.2, -0.15) is 8.78 Å². The van der Waals surface area contributed by atoms with E-state index in [-0.39, 0.29) is 17.6 Å². The van der Waals surface area contributed by atoms with Gasteiger partial charge in [0.15, 0.2) is 11.5 Å². The maximum Gasteiger partial charge on any atom is 0.204 e. The topological polar surface area (TPSA) is 18.5 Å². The van der Waals surface area contributed by atoms with Crippen LogP contribution in [0.3, 0.4) is 0 Å². The maximum absolute atomic E-state index is 14.6. The van der Waals surface area contributed by atoms with Crippen molar-refractivity contribution >= 4 is 0 Å². The minimum absolute atomic E-state index is 0.0193. The van der Waals surface area contributed by atoms with Crippen LogP contribution in [0.25, 0.3) is 0 Å². The number of aryl methyl sites for hydroxylation is 1. The lowest BCUT2D eigenvalue weighted by atomic mass is 9.76. The van der Waals surface area contributed by atoms with Gasteiger partial charge in [-0.1, -0.05) is 46.0 Å². The quantitative estimate of drug-likeness (QED) is 0.517. The number of rotatable bonds is 7. The van der Waals surface area contributed by atoms with E-state index in [9.17, 15) is 8.78 Å². The van der Waals surface area contributed by atoms with E-state index in [1.54, 1.807) is 6.07 Å². The maximum atomic E-state index is 14.6. The highest BCUT2D eigenvalue weighted by Gasteiger charge is 2.34. The van der Waals surface area contributed by atoms with Gasteiger partial charge in [0.2, 0.25) is 11.6 Å². The highest BCUT2D eigenvalue weighted by atomic mass is 19.2. The summed E-state index contributed by atoms with van der Waals surface area (Å²) in [4.78, 5) is 0. The first-order valence-electron chi connectivity index (χ1n) is 10.4. The van der Waals surface area contributed by atoms with Gasteiger partial charge in [0.25, 0.3) is 0 Å². The largest absolute Gasteiger partial charge is 0.490 e. The molecule has 1 unspecified atom stereocenters. The van der Waals surface area contributed by atoms with Crippen LogP contribution in [0.1, 0.15) is 77.2 Å². The minimum atomic E-state index is -0.910. The van der Waals surface area contributed by atoms with Gasteiger partial charge in [-0.25, -0.2) is 0 Å². The van der Waals surface area contributed by atoms with Gasteiger partial charge >= 0.3 is 0 Å². The Labute approximate surface area is 156 Å². The average molecular weight is 366 g/mol. The highest BCUT2D eigenvalue weighted by Crippen LogP contribution is 2.41. The van der Waals surface area contributed by atoms with Gasteiger partial charge in [0.05, 0.1) is 6.61 Å². The Morgan fingerprint density at radius 2 is 1.81 bits per heavy atom. The van der Waals surface area contributed by atoms with Gasteiger partial charge in [-0.15, -0.1) is 0 Å². The SMILES string of the molecule is CCCCOc1cc2c(c(F)c1F)OC(C1CCC(CCC)CC1)CC2. The first kappa shape index (κ1) is 19.4. The van der Waals surface area contributed by atoms with Crippen LogP contribution in [0.15, 0.2) is 6.07 Å². The summed E-state index contributed by atoms with van der Waals surface area (Å²) < 4.78 is 40.3. The summed E-state index contributed by atoms with van der Waals surface area (Å²) in [7, 11) is 0. The monoisotopic (exact) mass is 366 g/mol. The lowest BCUT2D eigenvalue weighted by Gasteiger charge is -2.36. The van der Waals surface area contributed by atoms with Gasteiger partial charge in [-0.05, 0) is 50.0 Å². The van der Waals surface area contributed by atoms with Crippen LogP contribution in [0, 0.1) is 23.5 Å². The fourth-order valence-corrected chi connectivity index (χ4v) is 4.48. The van der Waals surface area contributed by atoms with Crippen LogP contribution in [-0.4, -0.2) is 12.7 Å². The second-order valence-electron chi connectivity index (χ2n) is 7.96. The third kappa shape index (κ3) is 4.32. The van der Waals surface area contributed by atoms with Crippen molar-refractivity contribution in [2.45, 2.75) is 84.2 Å². The molecule has 1 aromatic rings. The van der Waals surface area contributed by atoms with Crippen molar-refractivity contribution in [1.29, 1.82) is 0 Å². The van der Waals surface area contributed by atoms with Crippen LogP contribution in [0.4, 0.5) is 8.78 Å².